The van der Waals surface area contributed by atoms with Crippen molar-refractivity contribution in [2.24, 2.45) is 5.73 Å². The number of imidazole rings is 1. The van der Waals surface area contributed by atoms with Crippen molar-refractivity contribution in [2.45, 2.75) is 31.8 Å². The number of hydrogen-bond acceptors (Lipinski definition) is 8. The molecule has 0 aliphatic carbocycles. The van der Waals surface area contributed by atoms with Gasteiger partial charge in [-0.1, -0.05) is 30.3 Å². The van der Waals surface area contributed by atoms with Gasteiger partial charge in [-0.15, -0.1) is 0 Å². The van der Waals surface area contributed by atoms with E-state index in [1.165, 1.54) is 17.1 Å². The van der Waals surface area contributed by atoms with E-state index in [4.69, 9.17) is 20.2 Å². The highest BCUT2D eigenvalue weighted by molar-refractivity contribution is 7.09. The fraction of sp³-hybridized carbons (Fsp3) is 0.350. The Hall–Kier alpha value is -2.91. The minimum atomic E-state index is -0.424. The second kappa shape index (κ2) is 8.62. The van der Waals surface area contributed by atoms with Crippen LogP contribution in [-0.4, -0.2) is 37.8 Å². The van der Waals surface area contributed by atoms with Gasteiger partial charge in [0.2, 0.25) is 17.9 Å². The fourth-order valence-electron chi connectivity index (χ4n) is 3.11. The van der Waals surface area contributed by atoms with Gasteiger partial charge in [-0.05, 0) is 18.9 Å². The number of aromatic nitrogens is 4. The molecule has 0 amide bonds. The number of rotatable bonds is 9. The molecule has 0 radical (unpaired) electrons. The van der Waals surface area contributed by atoms with Gasteiger partial charge in [0.25, 0.3) is 0 Å². The van der Waals surface area contributed by atoms with Gasteiger partial charge in [-0.25, -0.2) is 4.98 Å². The Morgan fingerprint density at radius 2 is 2.17 bits per heavy atom. The number of ether oxygens (including phenoxy) is 2. The molecule has 0 bridgehead atoms. The molecule has 3 heterocycles. The van der Waals surface area contributed by atoms with E-state index in [0.29, 0.717) is 12.4 Å². The molecule has 0 saturated carbocycles. The molecule has 1 aliphatic rings. The maximum atomic E-state index is 6.55. The van der Waals surface area contributed by atoms with Crippen LogP contribution in [-0.2, 0) is 16.0 Å². The predicted octanol–water partition coefficient (Wildman–Crippen LogP) is 3.07. The smallest absolute Gasteiger partial charge is 0.248 e. The van der Waals surface area contributed by atoms with Gasteiger partial charge in [0.05, 0.1) is 0 Å². The first kappa shape index (κ1) is 19.4. The molecule has 1 unspecified atom stereocenters. The molecule has 1 aromatic carbocycles. The molecule has 1 aliphatic heterocycles. The van der Waals surface area contributed by atoms with Gasteiger partial charge >= 0.3 is 0 Å². The van der Waals surface area contributed by atoms with Gasteiger partial charge in [-0.2, -0.15) is 9.36 Å². The minimum absolute atomic E-state index is 0.271. The first-order valence-corrected chi connectivity index (χ1v) is 10.2. The lowest BCUT2D eigenvalue weighted by molar-refractivity contribution is 0.0747. The Morgan fingerprint density at radius 3 is 2.90 bits per heavy atom. The maximum absolute atomic E-state index is 6.55. The van der Waals surface area contributed by atoms with Crippen LogP contribution in [0.5, 0.6) is 0 Å². The summed E-state index contributed by atoms with van der Waals surface area (Å²) in [4.78, 5) is 11.0. The first-order chi connectivity index (χ1) is 14.1. The molecule has 152 valence electrons. The lowest BCUT2D eigenvalue weighted by Crippen LogP contribution is -2.40. The van der Waals surface area contributed by atoms with Crippen molar-refractivity contribution >= 4 is 16.7 Å². The lowest BCUT2D eigenvalue weighted by atomic mass is 9.94. The molecular weight excluding hydrogens is 388 g/mol. The topological polar surface area (TPSA) is 91.3 Å². The van der Waals surface area contributed by atoms with Gasteiger partial charge < -0.3 is 20.1 Å². The first-order valence-electron chi connectivity index (χ1n) is 9.42. The average Bonchev–Trinajstić information content (AvgIpc) is 3.47. The zero-order valence-corrected chi connectivity index (χ0v) is 17.1. The number of nitrogens with two attached hydrogens (primary N) is 1. The van der Waals surface area contributed by atoms with E-state index in [-0.39, 0.29) is 6.79 Å². The van der Waals surface area contributed by atoms with Crippen LogP contribution in [0.25, 0.3) is 5.95 Å². The monoisotopic (exact) mass is 412 g/mol. The van der Waals surface area contributed by atoms with Crippen molar-refractivity contribution in [1.29, 1.82) is 0 Å². The molecule has 0 saturated heterocycles. The van der Waals surface area contributed by atoms with Crippen molar-refractivity contribution in [2.75, 3.05) is 18.2 Å². The molecule has 4 rings (SSSR count). The quantitative estimate of drug-likeness (QED) is 0.577. The van der Waals surface area contributed by atoms with Crippen LogP contribution >= 0.6 is 11.5 Å². The standard InChI is InChI=1S/C20H24N6O2S/c1-20(21,11-17-13-27-15-28-17)7-9-25(12-16-5-3-2-4-6-16)19-23-18(24-29-19)26-10-8-22-14-26/h2-6,8,10,13-14H,7,9,11-12,15,21H2,1H3. The van der Waals surface area contributed by atoms with E-state index in [0.717, 1.165) is 30.4 Å². The number of anilines is 1. The zero-order chi connectivity index (χ0) is 20.1. The third-order valence-electron chi connectivity index (χ3n) is 4.68. The van der Waals surface area contributed by atoms with Crippen LogP contribution in [0, 0.1) is 0 Å². The van der Waals surface area contributed by atoms with Gasteiger partial charge in [0.1, 0.15) is 18.3 Å². The highest BCUT2D eigenvalue weighted by atomic mass is 32.1. The van der Waals surface area contributed by atoms with Crippen molar-refractivity contribution < 1.29 is 9.47 Å². The van der Waals surface area contributed by atoms with Crippen molar-refractivity contribution in [3.05, 3.63) is 66.6 Å². The second-order valence-electron chi connectivity index (χ2n) is 7.35. The summed E-state index contributed by atoms with van der Waals surface area (Å²) in [6, 6.07) is 10.3. The molecule has 29 heavy (non-hydrogen) atoms. The predicted molar refractivity (Wildman–Crippen MR) is 111 cm³/mol. The number of nitrogens with zero attached hydrogens (tertiary/aromatic N) is 5. The van der Waals surface area contributed by atoms with Crippen molar-refractivity contribution in [1.82, 2.24) is 18.9 Å². The molecule has 3 aromatic rings. The summed E-state index contributed by atoms with van der Waals surface area (Å²) in [5.41, 5.74) is 7.34. The molecule has 2 aromatic heterocycles. The zero-order valence-electron chi connectivity index (χ0n) is 16.3. The van der Waals surface area contributed by atoms with Crippen LogP contribution in [0.3, 0.4) is 0 Å². The van der Waals surface area contributed by atoms with Gasteiger partial charge in [-0.3, -0.25) is 4.57 Å². The molecule has 1 atom stereocenters. The number of hydrogen-bond donors (Lipinski definition) is 1. The Morgan fingerprint density at radius 1 is 1.31 bits per heavy atom. The summed E-state index contributed by atoms with van der Waals surface area (Å²) in [5, 5.41) is 0.855. The van der Waals surface area contributed by atoms with Crippen molar-refractivity contribution in [3.8, 4) is 5.95 Å². The highest BCUT2D eigenvalue weighted by Gasteiger charge is 2.25. The summed E-state index contributed by atoms with van der Waals surface area (Å²) in [6.07, 6.45) is 8.29. The molecule has 9 heteroatoms. The molecule has 0 fully saturated rings. The van der Waals surface area contributed by atoms with E-state index in [1.807, 2.05) is 31.3 Å². The van der Waals surface area contributed by atoms with E-state index >= 15 is 0 Å². The summed E-state index contributed by atoms with van der Waals surface area (Å²) >= 11 is 1.38. The summed E-state index contributed by atoms with van der Waals surface area (Å²) in [5.74, 6) is 1.42. The van der Waals surface area contributed by atoms with E-state index in [9.17, 15) is 0 Å². The van der Waals surface area contributed by atoms with Gasteiger partial charge in [0, 0.05) is 49.0 Å². The third-order valence-corrected chi connectivity index (χ3v) is 5.45. The summed E-state index contributed by atoms with van der Waals surface area (Å²) in [6.45, 7) is 3.78. The van der Waals surface area contributed by atoms with Crippen LogP contribution in [0.4, 0.5) is 5.13 Å². The fourth-order valence-corrected chi connectivity index (χ4v) is 3.80. The van der Waals surface area contributed by atoms with Gasteiger partial charge in [0.15, 0.2) is 0 Å². The van der Waals surface area contributed by atoms with Crippen LogP contribution in [0.15, 0.2) is 61.1 Å². The van der Waals surface area contributed by atoms with Crippen molar-refractivity contribution in [3.63, 3.8) is 0 Å². The minimum Gasteiger partial charge on any atom is -0.462 e. The Bertz CT molecular complexity index is 939. The molecular formula is C20H24N6O2S. The Labute approximate surface area is 173 Å². The Balaban J connectivity index is 1.49. The maximum Gasteiger partial charge on any atom is 0.248 e. The normalized spacial score (nSPS) is 15.3. The number of benzene rings is 1. The van der Waals surface area contributed by atoms with Crippen LogP contribution < -0.4 is 10.6 Å². The van der Waals surface area contributed by atoms with E-state index < -0.39 is 5.54 Å². The molecule has 8 nitrogen and oxygen atoms in total. The van der Waals surface area contributed by atoms with Crippen LogP contribution in [0.1, 0.15) is 25.3 Å². The SMILES string of the molecule is CC(N)(CCN(Cc1ccccc1)c1nc(-n2ccnc2)ns1)CC1=COCO1. The molecule has 0 spiro atoms. The highest BCUT2D eigenvalue weighted by Crippen LogP contribution is 2.26. The summed E-state index contributed by atoms with van der Waals surface area (Å²) < 4.78 is 16.9. The molecule has 2 N–H and O–H groups in total. The average molecular weight is 413 g/mol. The largest absolute Gasteiger partial charge is 0.462 e. The third kappa shape index (κ3) is 5.12. The second-order valence-corrected chi connectivity index (χ2v) is 8.08. The van der Waals surface area contributed by atoms with E-state index in [1.54, 1.807) is 23.4 Å². The Kier molecular flexibility index (Phi) is 5.77. The lowest BCUT2D eigenvalue weighted by Gasteiger charge is -2.29. The summed E-state index contributed by atoms with van der Waals surface area (Å²) in [7, 11) is 0. The van der Waals surface area contributed by atoms with E-state index in [2.05, 4.69) is 26.4 Å². The van der Waals surface area contributed by atoms with Crippen LogP contribution in [0.2, 0.25) is 0 Å².